The summed E-state index contributed by atoms with van der Waals surface area (Å²) in [6.07, 6.45) is 4.28. The molecule has 0 aliphatic heterocycles. The second-order valence-electron chi connectivity index (χ2n) is 4.82. The molecule has 1 saturated carbocycles. The van der Waals surface area contributed by atoms with Crippen LogP contribution in [0.5, 0.6) is 5.75 Å². The summed E-state index contributed by atoms with van der Waals surface area (Å²) in [4.78, 5) is 25.5. The SMILES string of the molecule is N#CC1(NC(=O)COc2cccnc2[N+](=O)[O-])CCCC1. The summed E-state index contributed by atoms with van der Waals surface area (Å²) in [5.41, 5.74) is -0.832. The summed E-state index contributed by atoms with van der Waals surface area (Å²) in [6.45, 7) is -0.393. The number of nitriles is 1. The predicted molar refractivity (Wildman–Crippen MR) is 71.3 cm³/mol. The van der Waals surface area contributed by atoms with Gasteiger partial charge in [-0.15, -0.1) is 0 Å². The number of aromatic nitrogens is 1. The van der Waals surface area contributed by atoms with Crippen LogP contribution in [-0.4, -0.2) is 28.0 Å². The Bertz CT molecular complexity index is 590. The van der Waals surface area contributed by atoms with Gasteiger partial charge in [0.1, 0.15) is 11.7 Å². The Morgan fingerprint density at radius 3 is 2.90 bits per heavy atom. The third-order valence-corrected chi connectivity index (χ3v) is 3.33. The summed E-state index contributed by atoms with van der Waals surface area (Å²) in [6, 6.07) is 4.98. The van der Waals surface area contributed by atoms with Crippen molar-refractivity contribution in [2.45, 2.75) is 31.2 Å². The molecule has 1 fully saturated rings. The molecule has 0 bridgehead atoms. The molecule has 1 N–H and O–H groups in total. The number of ether oxygens (including phenoxy) is 1. The van der Waals surface area contributed by atoms with E-state index in [-0.39, 0.29) is 5.75 Å². The lowest BCUT2D eigenvalue weighted by atomic mass is 10.00. The fourth-order valence-corrected chi connectivity index (χ4v) is 2.32. The number of carbonyl (C=O) groups excluding carboxylic acids is 1. The minimum Gasteiger partial charge on any atom is -0.476 e. The highest BCUT2D eigenvalue weighted by Gasteiger charge is 2.35. The van der Waals surface area contributed by atoms with Crippen LogP contribution < -0.4 is 10.1 Å². The van der Waals surface area contributed by atoms with E-state index in [2.05, 4.69) is 16.4 Å². The Hall–Kier alpha value is -2.69. The number of rotatable bonds is 5. The molecule has 1 aliphatic rings. The van der Waals surface area contributed by atoms with E-state index in [1.54, 1.807) is 0 Å². The zero-order chi connectivity index (χ0) is 15.3. The highest BCUT2D eigenvalue weighted by atomic mass is 16.6. The molecule has 1 heterocycles. The van der Waals surface area contributed by atoms with Gasteiger partial charge < -0.3 is 20.2 Å². The van der Waals surface area contributed by atoms with Gasteiger partial charge in [-0.2, -0.15) is 5.26 Å². The molecule has 0 spiro atoms. The zero-order valence-corrected chi connectivity index (χ0v) is 11.2. The molecule has 1 aliphatic carbocycles. The van der Waals surface area contributed by atoms with Crippen LogP contribution in [0.25, 0.3) is 0 Å². The number of nitrogens with zero attached hydrogens (tertiary/aromatic N) is 3. The summed E-state index contributed by atoms with van der Waals surface area (Å²) in [7, 11) is 0. The van der Waals surface area contributed by atoms with Gasteiger partial charge in [-0.3, -0.25) is 4.79 Å². The maximum absolute atomic E-state index is 11.8. The van der Waals surface area contributed by atoms with Gasteiger partial charge in [-0.05, 0) is 47.7 Å². The first-order valence-electron chi connectivity index (χ1n) is 6.51. The molecule has 21 heavy (non-hydrogen) atoms. The molecule has 8 nitrogen and oxygen atoms in total. The molecule has 0 aromatic carbocycles. The number of carbonyl (C=O) groups is 1. The molecule has 0 radical (unpaired) electrons. The fourth-order valence-electron chi connectivity index (χ4n) is 2.32. The van der Waals surface area contributed by atoms with E-state index in [0.717, 1.165) is 12.8 Å². The van der Waals surface area contributed by atoms with Gasteiger partial charge in [0.05, 0.1) is 6.07 Å². The molecule has 0 atom stereocenters. The lowest BCUT2D eigenvalue weighted by Crippen LogP contribution is -2.47. The highest BCUT2D eigenvalue weighted by Crippen LogP contribution is 2.29. The Labute approximate surface area is 120 Å². The van der Waals surface area contributed by atoms with Crippen LogP contribution in [0.2, 0.25) is 0 Å². The molecule has 1 aromatic rings. The first-order valence-corrected chi connectivity index (χ1v) is 6.51. The average Bonchev–Trinajstić information content (AvgIpc) is 2.94. The number of hydrogen-bond donors (Lipinski definition) is 1. The lowest BCUT2D eigenvalue weighted by molar-refractivity contribution is -0.390. The van der Waals surface area contributed by atoms with Gasteiger partial charge in [0.2, 0.25) is 5.75 Å². The molecule has 1 aromatic heterocycles. The second-order valence-corrected chi connectivity index (χ2v) is 4.82. The Morgan fingerprint density at radius 1 is 1.57 bits per heavy atom. The van der Waals surface area contributed by atoms with Crippen LogP contribution in [0.3, 0.4) is 0 Å². The van der Waals surface area contributed by atoms with Gasteiger partial charge in [0.25, 0.3) is 5.91 Å². The van der Waals surface area contributed by atoms with Crippen molar-refractivity contribution in [2.75, 3.05) is 6.61 Å². The quantitative estimate of drug-likeness (QED) is 0.645. The lowest BCUT2D eigenvalue weighted by Gasteiger charge is -2.21. The van der Waals surface area contributed by atoms with Crippen molar-refractivity contribution in [3.8, 4) is 11.8 Å². The van der Waals surface area contributed by atoms with Gasteiger partial charge in [-0.25, -0.2) is 0 Å². The summed E-state index contributed by atoms with van der Waals surface area (Å²) in [5.74, 6) is -0.993. The Morgan fingerprint density at radius 2 is 2.29 bits per heavy atom. The van der Waals surface area contributed by atoms with Crippen molar-refractivity contribution >= 4 is 11.7 Å². The summed E-state index contributed by atoms with van der Waals surface area (Å²) < 4.78 is 5.13. The van der Waals surface area contributed by atoms with Crippen LogP contribution >= 0.6 is 0 Å². The number of hydrogen-bond acceptors (Lipinski definition) is 6. The molecule has 8 heteroatoms. The molecule has 0 saturated heterocycles. The van der Waals surface area contributed by atoms with Gasteiger partial charge in [0, 0.05) is 0 Å². The third kappa shape index (κ3) is 3.45. The predicted octanol–water partition coefficient (Wildman–Crippen LogP) is 1.32. The van der Waals surface area contributed by atoms with Crippen LogP contribution in [-0.2, 0) is 4.79 Å². The number of nitrogens with one attached hydrogen (secondary N) is 1. The zero-order valence-electron chi connectivity index (χ0n) is 11.2. The van der Waals surface area contributed by atoms with Crippen molar-refractivity contribution in [3.63, 3.8) is 0 Å². The van der Waals surface area contributed by atoms with Crippen molar-refractivity contribution in [1.29, 1.82) is 5.26 Å². The van der Waals surface area contributed by atoms with Gasteiger partial charge >= 0.3 is 5.82 Å². The Kier molecular flexibility index (Phi) is 4.33. The Balaban J connectivity index is 1.96. The van der Waals surface area contributed by atoms with Crippen LogP contribution in [0.4, 0.5) is 5.82 Å². The number of pyridine rings is 1. The van der Waals surface area contributed by atoms with E-state index in [1.165, 1.54) is 18.3 Å². The maximum Gasteiger partial charge on any atom is 0.406 e. The minimum atomic E-state index is -0.832. The van der Waals surface area contributed by atoms with Crippen LogP contribution in [0.15, 0.2) is 18.3 Å². The fraction of sp³-hybridized carbons (Fsp3) is 0.462. The highest BCUT2D eigenvalue weighted by molar-refractivity contribution is 5.79. The molecule has 2 rings (SSSR count). The first kappa shape index (κ1) is 14.7. The smallest absolute Gasteiger partial charge is 0.406 e. The largest absolute Gasteiger partial charge is 0.476 e. The standard InChI is InChI=1S/C13H14N4O4/c14-9-13(5-1-2-6-13)16-11(18)8-21-10-4-3-7-15-12(10)17(19)20/h3-4,7H,1-2,5-6,8H2,(H,16,18). The van der Waals surface area contributed by atoms with E-state index >= 15 is 0 Å². The molecule has 110 valence electrons. The monoisotopic (exact) mass is 290 g/mol. The van der Waals surface area contributed by atoms with Crippen LogP contribution in [0, 0.1) is 21.4 Å². The van der Waals surface area contributed by atoms with E-state index in [4.69, 9.17) is 10.00 Å². The summed E-state index contributed by atoms with van der Waals surface area (Å²) in [5, 5.41) is 22.6. The first-order chi connectivity index (χ1) is 10.1. The normalized spacial score (nSPS) is 16.0. The van der Waals surface area contributed by atoms with Crippen molar-refractivity contribution in [2.24, 2.45) is 0 Å². The maximum atomic E-state index is 11.8. The second kappa shape index (κ2) is 6.17. The van der Waals surface area contributed by atoms with Crippen molar-refractivity contribution < 1.29 is 14.5 Å². The molecular formula is C13H14N4O4. The third-order valence-electron chi connectivity index (χ3n) is 3.33. The minimum absolute atomic E-state index is 0.0740. The average molecular weight is 290 g/mol. The van der Waals surface area contributed by atoms with E-state index in [1.807, 2.05) is 0 Å². The molecule has 1 amide bonds. The van der Waals surface area contributed by atoms with Gasteiger partial charge in [-0.1, -0.05) is 0 Å². The number of nitro groups is 1. The topological polar surface area (TPSA) is 118 Å². The van der Waals surface area contributed by atoms with E-state index < -0.39 is 28.8 Å². The van der Waals surface area contributed by atoms with E-state index in [0.29, 0.717) is 12.8 Å². The van der Waals surface area contributed by atoms with Gasteiger partial charge in [0.15, 0.2) is 6.61 Å². The van der Waals surface area contributed by atoms with Crippen molar-refractivity contribution in [3.05, 3.63) is 28.4 Å². The van der Waals surface area contributed by atoms with E-state index in [9.17, 15) is 14.9 Å². The van der Waals surface area contributed by atoms with Crippen LogP contribution in [0.1, 0.15) is 25.7 Å². The summed E-state index contributed by atoms with van der Waals surface area (Å²) >= 11 is 0. The molecule has 0 unspecified atom stereocenters. The molecular weight excluding hydrogens is 276 g/mol. The number of amides is 1. The van der Waals surface area contributed by atoms with Crippen molar-refractivity contribution in [1.82, 2.24) is 10.3 Å².